The van der Waals surface area contributed by atoms with Gasteiger partial charge >= 0.3 is 6.09 Å². The Balaban J connectivity index is 1.51. The summed E-state index contributed by atoms with van der Waals surface area (Å²) in [6.45, 7) is 6.42. The first-order chi connectivity index (χ1) is 13.2. The average Bonchev–Trinajstić information content (AvgIpc) is 2.68. The van der Waals surface area contributed by atoms with E-state index < -0.39 is 0 Å². The molecular weight excluding hydrogens is 342 g/mol. The lowest BCUT2D eigenvalue weighted by Gasteiger charge is -2.31. The van der Waals surface area contributed by atoms with Crippen molar-refractivity contribution < 1.29 is 9.53 Å². The number of rotatable bonds is 6. The fraction of sp³-hybridized carbons (Fsp3) is 0.450. The molecule has 0 atom stereocenters. The third kappa shape index (κ3) is 5.32. The van der Waals surface area contributed by atoms with Gasteiger partial charge in [0.2, 0.25) is 5.95 Å². The molecule has 1 aromatic carbocycles. The standard InChI is InChI=1S/C20H27N5O2/c1-3-27-20(26)25-12-9-17(10-13-25)23-19-21-11-8-18(24-19)22-14-16-7-5-4-6-15(16)2/h4-8,11,17H,3,9-10,12-14H2,1-2H3,(H2,21,22,23,24). The SMILES string of the molecule is CCOC(=O)N1CCC(Nc2nccc(NCc3ccccc3C)n2)CC1. The smallest absolute Gasteiger partial charge is 0.409 e. The maximum atomic E-state index is 11.8. The number of likely N-dealkylation sites (tertiary alicyclic amines) is 1. The first-order valence-corrected chi connectivity index (χ1v) is 9.45. The van der Waals surface area contributed by atoms with Gasteiger partial charge in [-0.3, -0.25) is 0 Å². The molecule has 27 heavy (non-hydrogen) atoms. The van der Waals surface area contributed by atoms with Gasteiger partial charge in [-0.25, -0.2) is 9.78 Å². The topological polar surface area (TPSA) is 79.4 Å². The number of carbonyl (C=O) groups is 1. The molecule has 2 heterocycles. The maximum Gasteiger partial charge on any atom is 0.409 e. The highest BCUT2D eigenvalue weighted by molar-refractivity contribution is 5.67. The van der Waals surface area contributed by atoms with Gasteiger partial charge in [0.25, 0.3) is 0 Å². The van der Waals surface area contributed by atoms with Gasteiger partial charge in [0.15, 0.2) is 0 Å². The van der Waals surface area contributed by atoms with Gasteiger partial charge in [0.05, 0.1) is 6.61 Å². The van der Waals surface area contributed by atoms with Crippen molar-refractivity contribution >= 4 is 17.9 Å². The number of aromatic nitrogens is 2. The molecule has 0 radical (unpaired) electrons. The summed E-state index contributed by atoms with van der Waals surface area (Å²) in [6.07, 6.45) is 3.23. The van der Waals surface area contributed by atoms with Crippen molar-refractivity contribution in [2.75, 3.05) is 30.3 Å². The lowest BCUT2D eigenvalue weighted by atomic mass is 10.1. The minimum atomic E-state index is -0.227. The van der Waals surface area contributed by atoms with Crippen molar-refractivity contribution in [2.24, 2.45) is 0 Å². The number of amides is 1. The lowest BCUT2D eigenvalue weighted by molar-refractivity contribution is 0.0983. The van der Waals surface area contributed by atoms with Gasteiger partial charge in [0.1, 0.15) is 5.82 Å². The van der Waals surface area contributed by atoms with E-state index in [9.17, 15) is 4.79 Å². The quantitative estimate of drug-likeness (QED) is 0.812. The highest BCUT2D eigenvalue weighted by Crippen LogP contribution is 2.16. The molecule has 1 aliphatic heterocycles. The van der Waals surface area contributed by atoms with Crippen molar-refractivity contribution in [1.29, 1.82) is 0 Å². The van der Waals surface area contributed by atoms with Crippen LogP contribution in [0.15, 0.2) is 36.5 Å². The van der Waals surface area contributed by atoms with Crippen molar-refractivity contribution in [3.8, 4) is 0 Å². The Hall–Kier alpha value is -2.83. The second-order valence-corrected chi connectivity index (χ2v) is 6.65. The Morgan fingerprint density at radius 3 is 2.78 bits per heavy atom. The van der Waals surface area contributed by atoms with Crippen molar-refractivity contribution in [3.05, 3.63) is 47.7 Å². The maximum absolute atomic E-state index is 11.8. The van der Waals surface area contributed by atoms with E-state index in [0.717, 1.165) is 25.2 Å². The fourth-order valence-electron chi connectivity index (χ4n) is 3.12. The summed E-state index contributed by atoms with van der Waals surface area (Å²) in [4.78, 5) is 22.4. The Kier molecular flexibility index (Phi) is 6.46. The molecule has 7 nitrogen and oxygen atoms in total. The van der Waals surface area contributed by atoms with Crippen LogP contribution in [0.4, 0.5) is 16.6 Å². The molecule has 1 saturated heterocycles. The summed E-state index contributed by atoms with van der Waals surface area (Å²) in [6, 6.07) is 10.4. The highest BCUT2D eigenvalue weighted by atomic mass is 16.6. The first kappa shape index (κ1) is 18.9. The minimum absolute atomic E-state index is 0.227. The molecule has 144 valence electrons. The summed E-state index contributed by atoms with van der Waals surface area (Å²) in [5.74, 6) is 1.40. The van der Waals surface area contributed by atoms with E-state index in [2.05, 4.69) is 39.7 Å². The molecular formula is C20H27N5O2. The highest BCUT2D eigenvalue weighted by Gasteiger charge is 2.23. The lowest BCUT2D eigenvalue weighted by Crippen LogP contribution is -2.42. The second kappa shape index (κ2) is 9.21. The van der Waals surface area contributed by atoms with Gasteiger partial charge in [-0.15, -0.1) is 0 Å². The molecule has 1 aromatic heterocycles. The van der Waals surface area contributed by atoms with Gasteiger partial charge in [-0.1, -0.05) is 24.3 Å². The zero-order valence-corrected chi connectivity index (χ0v) is 15.9. The van der Waals surface area contributed by atoms with E-state index in [-0.39, 0.29) is 12.1 Å². The number of hydrogen-bond acceptors (Lipinski definition) is 6. The van der Waals surface area contributed by atoms with Crippen LogP contribution in [0.25, 0.3) is 0 Å². The average molecular weight is 369 g/mol. The normalized spacial score (nSPS) is 14.7. The molecule has 1 fully saturated rings. The zero-order chi connectivity index (χ0) is 19.1. The summed E-state index contributed by atoms with van der Waals surface area (Å²) >= 11 is 0. The van der Waals surface area contributed by atoms with Crippen molar-refractivity contribution in [3.63, 3.8) is 0 Å². The molecule has 0 saturated carbocycles. The van der Waals surface area contributed by atoms with E-state index in [1.807, 2.05) is 25.1 Å². The number of benzene rings is 1. The van der Waals surface area contributed by atoms with Crippen LogP contribution in [0.1, 0.15) is 30.9 Å². The predicted octanol–water partition coefficient (Wildman–Crippen LogP) is 3.43. The van der Waals surface area contributed by atoms with Crippen LogP contribution in [-0.4, -0.2) is 46.7 Å². The monoisotopic (exact) mass is 369 g/mol. The van der Waals surface area contributed by atoms with E-state index in [1.54, 1.807) is 11.1 Å². The number of aryl methyl sites for hydroxylation is 1. The van der Waals surface area contributed by atoms with Gasteiger partial charge < -0.3 is 20.3 Å². The van der Waals surface area contributed by atoms with E-state index in [1.165, 1.54) is 11.1 Å². The Morgan fingerprint density at radius 1 is 1.26 bits per heavy atom. The fourth-order valence-corrected chi connectivity index (χ4v) is 3.12. The van der Waals surface area contributed by atoms with Gasteiger partial charge in [-0.05, 0) is 43.9 Å². The second-order valence-electron chi connectivity index (χ2n) is 6.65. The molecule has 0 aliphatic carbocycles. The number of nitrogens with one attached hydrogen (secondary N) is 2. The van der Waals surface area contributed by atoms with Crippen LogP contribution < -0.4 is 10.6 Å². The molecule has 1 amide bonds. The van der Waals surface area contributed by atoms with Crippen LogP contribution in [0, 0.1) is 6.92 Å². The number of hydrogen-bond donors (Lipinski definition) is 2. The Bertz CT molecular complexity index is 760. The molecule has 1 aliphatic rings. The van der Waals surface area contributed by atoms with Crippen molar-refractivity contribution in [1.82, 2.24) is 14.9 Å². The number of nitrogens with zero attached hydrogens (tertiary/aromatic N) is 3. The zero-order valence-electron chi connectivity index (χ0n) is 15.9. The predicted molar refractivity (Wildman–Crippen MR) is 106 cm³/mol. The van der Waals surface area contributed by atoms with E-state index in [4.69, 9.17) is 4.74 Å². The molecule has 0 unspecified atom stereocenters. The largest absolute Gasteiger partial charge is 0.450 e. The summed E-state index contributed by atoms with van der Waals surface area (Å²) < 4.78 is 5.06. The third-order valence-corrected chi connectivity index (χ3v) is 4.73. The molecule has 2 aromatic rings. The molecule has 0 spiro atoms. The molecule has 2 N–H and O–H groups in total. The third-order valence-electron chi connectivity index (χ3n) is 4.73. The molecule has 7 heteroatoms. The first-order valence-electron chi connectivity index (χ1n) is 9.45. The van der Waals surface area contributed by atoms with Crippen molar-refractivity contribution in [2.45, 2.75) is 39.3 Å². The van der Waals surface area contributed by atoms with Crippen LogP contribution >= 0.6 is 0 Å². The number of carbonyl (C=O) groups excluding carboxylic acids is 1. The summed E-state index contributed by atoms with van der Waals surface area (Å²) in [5.41, 5.74) is 2.50. The summed E-state index contributed by atoms with van der Waals surface area (Å²) in [7, 11) is 0. The Morgan fingerprint density at radius 2 is 2.04 bits per heavy atom. The minimum Gasteiger partial charge on any atom is -0.450 e. The number of piperidine rings is 1. The molecule has 0 bridgehead atoms. The van der Waals surface area contributed by atoms with Crippen LogP contribution in [0.5, 0.6) is 0 Å². The van der Waals surface area contributed by atoms with Crippen LogP contribution in [0.3, 0.4) is 0 Å². The van der Waals surface area contributed by atoms with Crippen LogP contribution in [-0.2, 0) is 11.3 Å². The number of ether oxygens (including phenoxy) is 1. The number of anilines is 2. The van der Waals surface area contributed by atoms with Crippen LogP contribution in [0.2, 0.25) is 0 Å². The van der Waals surface area contributed by atoms with Gasteiger partial charge in [0, 0.05) is 31.9 Å². The molecule has 3 rings (SSSR count). The van der Waals surface area contributed by atoms with E-state index >= 15 is 0 Å². The Labute approximate surface area is 160 Å². The van der Waals surface area contributed by atoms with E-state index in [0.29, 0.717) is 25.6 Å². The van der Waals surface area contributed by atoms with Gasteiger partial charge in [-0.2, -0.15) is 4.98 Å². The summed E-state index contributed by atoms with van der Waals surface area (Å²) in [5, 5.41) is 6.74.